The lowest BCUT2D eigenvalue weighted by Crippen LogP contribution is -2.53. The van der Waals surface area contributed by atoms with Gasteiger partial charge in [-0.25, -0.2) is 4.39 Å². The van der Waals surface area contributed by atoms with E-state index in [2.05, 4.69) is 42.0 Å². The minimum atomic E-state index is -0.314. The molecule has 1 aromatic carbocycles. The van der Waals surface area contributed by atoms with Crippen molar-refractivity contribution >= 4 is 15.9 Å². The smallest absolute Gasteiger partial charge is 0.128 e. The van der Waals surface area contributed by atoms with E-state index in [9.17, 15) is 4.39 Å². The summed E-state index contributed by atoms with van der Waals surface area (Å²) < 4.78 is 19.3. The summed E-state index contributed by atoms with van der Waals surface area (Å²) in [7, 11) is 0. The third kappa shape index (κ3) is 5.09. The van der Waals surface area contributed by atoms with Crippen molar-refractivity contribution in [3.05, 3.63) is 28.5 Å². The number of nitrogens with one attached hydrogen (secondary N) is 1. The minimum absolute atomic E-state index is 0.105. The molecule has 0 radical (unpaired) electrons. The molecule has 0 aliphatic heterocycles. The number of ether oxygens (including phenoxy) is 1. The first kappa shape index (κ1) is 16.4. The molecule has 19 heavy (non-hydrogen) atoms. The summed E-state index contributed by atoms with van der Waals surface area (Å²) in [6.07, 6.45) is 0. The van der Waals surface area contributed by atoms with Crippen molar-refractivity contribution in [2.24, 2.45) is 11.7 Å². The molecule has 0 amide bonds. The van der Waals surface area contributed by atoms with Gasteiger partial charge in [0.15, 0.2) is 0 Å². The first-order valence-electron chi connectivity index (χ1n) is 6.41. The first-order chi connectivity index (χ1) is 8.87. The lowest BCUT2D eigenvalue weighted by Gasteiger charge is -2.33. The van der Waals surface area contributed by atoms with Crippen LogP contribution in [0.25, 0.3) is 0 Å². The van der Waals surface area contributed by atoms with Crippen molar-refractivity contribution < 1.29 is 9.13 Å². The van der Waals surface area contributed by atoms with Crippen LogP contribution < -0.4 is 15.8 Å². The Bertz CT molecular complexity index is 394. The van der Waals surface area contributed by atoms with E-state index in [1.54, 1.807) is 6.07 Å². The van der Waals surface area contributed by atoms with Crippen molar-refractivity contribution in [2.45, 2.75) is 26.3 Å². The highest BCUT2D eigenvalue weighted by Crippen LogP contribution is 2.20. The van der Waals surface area contributed by atoms with Gasteiger partial charge in [-0.3, -0.25) is 0 Å². The molecular formula is C14H22BrFN2O. The number of nitrogens with two attached hydrogens (primary N) is 1. The molecule has 108 valence electrons. The Morgan fingerprint density at radius 2 is 2.11 bits per heavy atom. The maximum Gasteiger partial charge on any atom is 0.128 e. The molecule has 0 aliphatic rings. The highest BCUT2D eigenvalue weighted by molar-refractivity contribution is 9.10. The fraction of sp³-hybridized carbons (Fsp3) is 0.571. The van der Waals surface area contributed by atoms with Crippen LogP contribution in [0.4, 0.5) is 4.39 Å². The first-order valence-corrected chi connectivity index (χ1v) is 7.20. The van der Waals surface area contributed by atoms with Crippen LogP contribution in [-0.2, 0) is 0 Å². The number of hydrogen-bond acceptors (Lipinski definition) is 3. The zero-order valence-electron chi connectivity index (χ0n) is 11.7. The molecule has 1 aromatic rings. The average molecular weight is 333 g/mol. The highest BCUT2D eigenvalue weighted by atomic mass is 79.9. The Balaban J connectivity index is 2.42. The second kappa shape index (κ2) is 7.22. The number of hydrogen-bond donors (Lipinski definition) is 2. The van der Waals surface area contributed by atoms with Crippen molar-refractivity contribution in [2.75, 3.05) is 19.7 Å². The van der Waals surface area contributed by atoms with Gasteiger partial charge in [-0.05, 0) is 25.0 Å². The minimum Gasteiger partial charge on any atom is -0.492 e. The molecule has 0 saturated heterocycles. The molecule has 0 bridgehead atoms. The third-order valence-electron chi connectivity index (χ3n) is 3.43. The molecule has 0 aromatic heterocycles. The SMILES string of the molecule is CC(C)C(C)(CN)NCCOc1cc(F)cc(Br)c1. The number of halogens is 2. The highest BCUT2D eigenvalue weighted by Gasteiger charge is 2.25. The van der Waals surface area contributed by atoms with Crippen LogP contribution in [0.3, 0.4) is 0 Å². The van der Waals surface area contributed by atoms with Gasteiger partial charge in [0.1, 0.15) is 18.2 Å². The monoisotopic (exact) mass is 332 g/mol. The molecule has 1 atom stereocenters. The summed E-state index contributed by atoms with van der Waals surface area (Å²) in [5.74, 6) is 0.639. The van der Waals surface area contributed by atoms with E-state index in [4.69, 9.17) is 10.5 Å². The lowest BCUT2D eigenvalue weighted by molar-refractivity contribution is 0.235. The fourth-order valence-electron chi connectivity index (χ4n) is 1.63. The topological polar surface area (TPSA) is 47.3 Å². The zero-order valence-corrected chi connectivity index (χ0v) is 13.3. The van der Waals surface area contributed by atoms with Crippen LogP contribution in [-0.4, -0.2) is 25.2 Å². The van der Waals surface area contributed by atoms with Gasteiger partial charge in [0.05, 0.1) is 0 Å². The van der Waals surface area contributed by atoms with Crippen molar-refractivity contribution in [1.82, 2.24) is 5.32 Å². The van der Waals surface area contributed by atoms with E-state index < -0.39 is 0 Å². The van der Waals surface area contributed by atoms with Crippen molar-refractivity contribution in [1.29, 1.82) is 0 Å². The Labute approximate surface area is 122 Å². The van der Waals surface area contributed by atoms with Gasteiger partial charge >= 0.3 is 0 Å². The molecule has 0 heterocycles. The summed E-state index contributed by atoms with van der Waals surface area (Å²) in [4.78, 5) is 0. The van der Waals surface area contributed by atoms with Crippen LogP contribution in [0, 0.1) is 11.7 Å². The van der Waals surface area contributed by atoms with E-state index in [0.717, 1.165) is 0 Å². The molecule has 1 unspecified atom stereocenters. The van der Waals surface area contributed by atoms with Gasteiger partial charge in [0.25, 0.3) is 0 Å². The van der Waals surface area contributed by atoms with Gasteiger partial charge < -0.3 is 15.8 Å². The molecule has 0 fully saturated rings. The standard InChI is InChI=1S/C14H22BrFN2O/c1-10(2)14(3,9-17)18-4-5-19-13-7-11(15)6-12(16)8-13/h6-8,10,18H,4-5,9,17H2,1-3H3. The molecular weight excluding hydrogens is 311 g/mol. The largest absolute Gasteiger partial charge is 0.492 e. The van der Waals surface area contributed by atoms with Gasteiger partial charge in [0, 0.05) is 29.2 Å². The van der Waals surface area contributed by atoms with Gasteiger partial charge in [-0.1, -0.05) is 29.8 Å². The van der Waals surface area contributed by atoms with Crippen molar-refractivity contribution in [3.8, 4) is 5.75 Å². The van der Waals surface area contributed by atoms with E-state index in [-0.39, 0.29) is 11.4 Å². The summed E-state index contributed by atoms with van der Waals surface area (Å²) >= 11 is 3.23. The Hall–Kier alpha value is -0.650. The maximum absolute atomic E-state index is 13.1. The molecule has 1 rings (SSSR count). The Kier molecular flexibility index (Phi) is 6.23. The second-order valence-corrected chi connectivity index (χ2v) is 6.07. The molecule has 0 aliphatic carbocycles. The third-order valence-corrected chi connectivity index (χ3v) is 3.89. The zero-order chi connectivity index (χ0) is 14.5. The molecule has 3 nitrogen and oxygen atoms in total. The molecule has 0 spiro atoms. The van der Waals surface area contributed by atoms with Crippen molar-refractivity contribution in [3.63, 3.8) is 0 Å². The molecule has 3 N–H and O–H groups in total. The normalized spacial score (nSPS) is 14.5. The summed E-state index contributed by atoms with van der Waals surface area (Å²) in [5.41, 5.74) is 5.68. The quantitative estimate of drug-likeness (QED) is 0.755. The van der Waals surface area contributed by atoms with Gasteiger partial charge in [0.2, 0.25) is 0 Å². The number of rotatable bonds is 7. The Morgan fingerprint density at radius 1 is 1.42 bits per heavy atom. The van der Waals surface area contributed by atoms with E-state index >= 15 is 0 Å². The van der Waals surface area contributed by atoms with E-state index in [1.807, 2.05) is 0 Å². The lowest BCUT2D eigenvalue weighted by atomic mass is 9.88. The van der Waals surface area contributed by atoms with Crippen LogP contribution in [0.5, 0.6) is 5.75 Å². The maximum atomic E-state index is 13.1. The average Bonchev–Trinajstić information content (AvgIpc) is 2.33. The predicted octanol–water partition coefficient (Wildman–Crippen LogP) is 2.93. The van der Waals surface area contributed by atoms with E-state index in [0.29, 0.717) is 35.8 Å². The summed E-state index contributed by atoms with van der Waals surface area (Å²) in [6.45, 7) is 8.06. The molecule has 0 saturated carbocycles. The van der Waals surface area contributed by atoms with Crippen LogP contribution in [0.2, 0.25) is 0 Å². The predicted molar refractivity (Wildman–Crippen MR) is 79.9 cm³/mol. The van der Waals surface area contributed by atoms with E-state index in [1.165, 1.54) is 12.1 Å². The van der Waals surface area contributed by atoms with Crippen LogP contribution in [0.15, 0.2) is 22.7 Å². The Morgan fingerprint density at radius 3 is 2.63 bits per heavy atom. The molecule has 5 heteroatoms. The van der Waals surface area contributed by atoms with Gasteiger partial charge in [-0.15, -0.1) is 0 Å². The van der Waals surface area contributed by atoms with Crippen LogP contribution in [0.1, 0.15) is 20.8 Å². The van der Waals surface area contributed by atoms with Crippen LogP contribution >= 0.6 is 15.9 Å². The van der Waals surface area contributed by atoms with Gasteiger partial charge in [-0.2, -0.15) is 0 Å². The fourth-order valence-corrected chi connectivity index (χ4v) is 2.07. The second-order valence-electron chi connectivity index (χ2n) is 5.16. The number of benzene rings is 1. The summed E-state index contributed by atoms with van der Waals surface area (Å²) in [6, 6.07) is 4.51. The summed E-state index contributed by atoms with van der Waals surface area (Å²) in [5, 5.41) is 3.39.